The van der Waals surface area contributed by atoms with Crippen LogP contribution in [0.3, 0.4) is 0 Å². The highest BCUT2D eigenvalue weighted by molar-refractivity contribution is 5.93. The van der Waals surface area contributed by atoms with Crippen LogP contribution in [0, 0.1) is 0 Å². The molecule has 0 spiro atoms. The predicted molar refractivity (Wildman–Crippen MR) is 109 cm³/mol. The van der Waals surface area contributed by atoms with Gasteiger partial charge in [0.2, 0.25) is 11.8 Å². The summed E-state index contributed by atoms with van der Waals surface area (Å²) in [6.07, 6.45) is 7.42. The second kappa shape index (κ2) is 7.78. The summed E-state index contributed by atoms with van der Waals surface area (Å²) in [5, 5.41) is 0. The van der Waals surface area contributed by atoms with E-state index in [0.717, 1.165) is 62.5 Å². The minimum atomic E-state index is -0.538. The molecule has 2 aromatic rings. The summed E-state index contributed by atoms with van der Waals surface area (Å²) in [5.74, 6) is -0.184. The number of rotatable bonds is 4. The first-order valence-corrected chi connectivity index (χ1v) is 10.4. The molecule has 4 nitrogen and oxygen atoms in total. The molecule has 146 valence electrons. The summed E-state index contributed by atoms with van der Waals surface area (Å²) < 4.78 is 0. The van der Waals surface area contributed by atoms with E-state index in [0.29, 0.717) is 0 Å². The molecule has 2 aromatic carbocycles. The molecule has 0 atom stereocenters. The van der Waals surface area contributed by atoms with Gasteiger partial charge in [0.05, 0.1) is 10.8 Å². The molecule has 0 aromatic heterocycles. The van der Waals surface area contributed by atoms with E-state index in [1.54, 1.807) is 0 Å². The van der Waals surface area contributed by atoms with Crippen molar-refractivity contribution in [3.63, 3.8) is 0 Å². The summed E-state index contributed by atoms with van der Waals surface area (Å²) in [6, 6.07) is 19.9. The van der Waals surface area contributed by atoms with Crippen molar-refractivity contribution in [1.29, 1.82) is 0 Å². The maximum Gasteiger partial charge on any atom is 0.249 e. The fourth-order valence-electron chi connectivity index (χ4n) is 5.12. The number of amides is 2. The fourth-order valence-corrected chi connectivity index (χ4v) is 5.12. The van der Waals surface area contributed by atoms with Crippen LogP contribution in [0.15, 0.2) is 60.7 Å². The molecule has 2 saturated carbocycles. The number of nitrogens with one attached hydrogen (secondary N) is 2. The average molecular weight is 377 g/mol. The minimum absolute atomic E-state index is 0.0919. The van der Waals surface area contributed by atoms with Crippen LogP contribution in [0.25, 0.3) is 0 Å². The van der Waals surface area contributed by atoms with Crippen molar-refractivity contribution in [2.75, 3.05) is 0 Å². The Bertz CT molecular complexity index is 749. The first-order valence-electron chi connectivity index (χ1n) is 10.4. The van der Waals surface area contributed by atoms with Crippen molar-refractivity contribution < 1.29 is 9.59 Å². The number of carbonyl (C=O) groups is 2. The Morgan fingerprint density at radius 1 is 0.571 bits per heavy atom. The van der Waals surface area contributed by atoms with E-state index in [1.165, 1.54) is 0 Å². The standard InChI is InChI=1S/C24H28N2O2/c27-21(23(15-7-8-16-23)19-11-3-1-4-12-19)25-26-22(28)24(17-9-10-18-24)20-13-5-2-6-14-20/h1-6,11-14H,7-10,15-18H2,(H,25,27)(H,26,28). The van der Waals surface area contributed by atoms with Crippen molar-refractivity contribution in [3.8, 4) is 0 Å². The van der Waals surface area contributed by atoms with Gasteiger partial charge in [-0.3, -0.25) is 20.4 Å². The Kier molecular flexibility index (Phi) is 5.21. The van der Waals surface area contributed by atoms with Crippen molar-refractivity contribution in [2.24, 2.45) is 0 Å². The van der Waals surface area contributed by atoms with Crippen LogP contribution in [-0.2, 0) is 20.4 Å². The fraction of sp³-hybridized carbons (Fsp3) is 0.417. The molecule has 0 unspecified atom stereocenters. The molecule has 28 heavy (non-hydrogen) atoms. The van der Waals surface area contributed by atoms with Gasteiger partial charge in [-0.2, -0.15) is 0 Å². The maximum absolute atomic E-state index is 13.2. The zero-order valence-electron chi connectivity index (χ0n) is 16.2. The Balaban J connectivity index is 1.51. The number of carbonyl (C=O) groups excluding carboxylic acids is 2. The van der Waals surface area contributed by atoms with Gasteiger partial charge in [-0.1, -0.05) is 86.3 Å². The normalized spacial score (nSPS) is 19.9. The predicted octanol–water partition coefficient (Wildman–Crippen LogP) is 4.16. The van der Waals surface area contributed by atoms with Gasteiger partial charge in [0, 0.05) is 0 Å². The molecule has 4 heteroatoms. The molecule has 0 saturated heterocycles. The van der Waals surface area contributed by atoms with E-state index in [9.17, 15) is 9.59 Å². The topological polar surface area (TPSA) is 58.2 Å². The summed E-state index contributed by atoms with van der Waals surface area (Å²) in [7, 11) is 0. The third-order valence-corrected chi connectivity index (χ3v) is 6.73. The number of hydrogen-bond donors (Lipinski definition) is 2. The first-order chi connectivity index (χ1) is 13.7. The molecule has 0 radical (unpaired) electrons. The molecule has 2 amide bonds. The molecule has 2 fully saturated rings. The quantitative estimate of drug-likeness (QED) is 0.787. The van der Waals surface area contributed by atoms with Crippen molar-refractivity contribution >= 4 is 11.8 Å². The van der Waals surface area contributed by atoms with Gasteiger partial charge in [0.1, 0.15) is 0 Å². The zero-order valence-corrected chi connectivity index (χ0v) is 16.2. The number of hydrazine groups is 1. The Morgan fingerprint density at radius 3 is 1.21 bits per heavy atom. The van der Waals surface area contributed by atoms with Gasteiger partial charge in [-0.05, 0) is 36.8 Å². The smallest absolute Gasteiger partial charge is 0.249 e. The molecule has 0 bridgehead atoms. The van der Waals surface area contributed by atoms with Gasteiger partial charge in [-0.25, -0.2) is 0 Å². The van der Waals surface area contributed by atoms with Crippen molar-refractivity contribution in [3.05, 3.63) is 71.8 Å². The lowest BCUT2D eigenvalue weighted by molar-refractivity contribution is -0.134. The molecular formula is C24H28N2O2. The van der Waals surface area contributed by atoms with Gasteiger partial charge < -0.3 is 0 Å². The van der Waals surface area contributed by atoms with E-state index in [4.69, 9.17) is 0 Å². The zero-order chi connectivity index (χ0) is 19.5. The summed E-state index contributed by atoms with van der Waals surface area (Å²) >= 11 is 0. The highest BCUT2D eigenvalue weighted by Gasteiger charge is 2.45. The second-order valence-electron chi connectivity index (χ2n) is 8.22. The molecule has 0 heterocycles. The maximum atomic E-state index is 13.2. The van der Waals surface area contributed by atoms with Crippen LogP contribution in [-0.4, -0.2) is 11.8 Å². The second-order valence-corrected chi connectivity index (χ2v) is 8.22. The molecule has 4 rings (SSSR count). The van der Waals surface area contributed by atoms with Gasteiger partial charge in [0.15, 0.2) is 0 Å². The summed E-state index contributed by atoms with van der Waals surface area (Å²) in [4.78, 5) is 26.4. The van der Waals surface area contributed by atoms with E-state index in [2.05, 4.69) is 10.9 Å². The van der Waals surface area contributed by atoms with Crippen LogP contribution >= 0.6 is 0 Å². The minimum Gasteiger partial charge on any atom is -0.272 e. The number of benzene rings is 2. The Hall–Kier alpha value is -2.62. The van der Waals surface area contributed by atoms with Crippen LogP contribution in [0.4, 0.5) is 0 Å². The van der Waals surface area contributed by atoms with Gasteiger partial charge in [-0.15, -0.1) is 0 Å². The third kappa shape index (κ3) is 3.21. The highest BCUT2D eigenvalue weighted by atomic mass is 16.2. The largest absolute Gasteiger partial charge is 0.272 e. The molecule has 2 aliphatic rings. The average Bonchev–Trinajstić information content (AvgIpc) is 3.44. The number of hydrogen-bond acceptors (Lipinski definition) is 2. The van der Waals surface area contributed by atoms with Crippen LogP contribution in [0.5, 0.6) is 0 Å². The first kappa shape index (κ1) is 18.7. The van der Waals surface area contributed by atoms with Crippen LogP contribution in [0.2, 0.25) is 0 Å². The van der Waals surface area contributed by atoms with Gasteiger partial charge in [0.25, 0.3) is 0 Å². The SMILES string of the molecule is O=C(NNC(=O)C1(c2ccccc2)CCCC1)C1(c2ccccc2)CCCC1. The van der Waals surface area contributed by atoms with E-state index in [1.807, 2.05) is 60.7 Å². The van der Waals surface area contributed by atoms with Crippen LogP contribution < -0.4 is 10.9 Å². The molecule has 2 N–H and O–H groups in total. The Morgan fingerprint density at radius 2 is 0.893 bits per heavy atom. The van der Waals surface area contributed by atoms with Crippen molar-refractivity contribution in [1.82, 2.24) is 10.9 Å². The Labute approximate surface area is 166 Å². The van der Waals surface area contributed by atoms with E-state index >= 15 is 0 Å². The molecule has 0 aliphatic heterocycles. The lowest BCUT2D eigenvalue weighted by Crippen LogP contribution is -2.55. The summed E-state index contributed by atoms with van der Waals surface area (Å²) in [5.41, 5.74) is 6.60. The lowest BCUT2D eigenvalue weighted by atomic mass is 9.77. The monoisotopic (exact) mass is 376 g/mol. The molecule has 2 aliphatic carbocycles. The summed E-state index contributed by atoms with van der Waals surface area (Å²) in [6.45, 7) is 0. The van der Waals surface area contributed by atoms with Crippen molar-refractivity contribution in [2.45, 2.75) is 62.2 Å². The van der Waals surface area contributed by atoms with E-state index < -0.39 is 10.8 Å². The van der Waals surface area contributed by atoms with E-state index in [-0.39, 0.29) is 11.8 Å². The highest BCUT2D eigenvalue weighted by Crippen LogP contribution is 2.42. The lowest BCUT2D eigenvalue weighted by Gasteiger charge is -2.31. The third-order valence-electron chi connectivity index (χ3n) is 6.73. The molecular weight excluding hydrogens is 348 g/mol. The van der Waals surface area contributed by atoms with Gasteiger partial charge >= 0.3 is 0 Å². The van der Waals surface area contributed by atoms with Crippen LogP contribution in [0.1, 0.15) is 62.5 Å².